The van der Waals surface area contributed by atoms with E-state index in [9.17, 15) is 0 Å². The van der Waals surface area contributed by atoms with E-state index in [0.29, 0.717) is 0 Å². The molecule has 0 unspecified atom stereocenters. The number of hydrogen-bond donors (Lipinski definition) is 1. The summed E-state index contributed by atoms with van der Waals surface area (Å²) >= 11 is 5.97. The molecule has 0 radical (unpaired) electrons. The normalized spacial score (nSPS) is 10.6. The minimum absolute atomic E-state index is 0.806. The summed E-state index contributed by atoms with van der Waals surface area (Å²) in [5, 5.41) is 4.31. The van der Waals surface area contributed by atoms with Gasteiger partial charge in [0.25, 0.3) is 0 Å². The quantitative estimate of drug-likeness (QED) is 0.769. The molecule has 2 rings (SSSR count). The van der Waals surface area contributed by atoms with Gasteiger partial charge in [0.2, 0.25) is 0 Å². The van der Waals surface area contributed by atoms with Gasteiger partial charge in [0.15, 0.2) is 0 Å². The van der Waals surface area contributed by atoms with E-state index in [0.717, 1.165) is 31.1 Å². The molecule has 112 valence electrons. The molecule has 2 aromatic carbocycles. The van der Waals surface area contributed by atoms with Crippen LogP contribution >= 0.6 is 11.6 Å². The van der Waals surface area contributed by atoms with Crippen molar-refractivity contribution >= 4 is 17.3 Å². The first kappa shape index (κ1) is 15.9. The second-order valence-corrected chi connectivity index (χ2v) is 5.79. The summed E-state index contributed by atoms with van der Waals surface area (Å²) in [5.74, 6) is 0. The molecule has 0 fully saturated rings. The van der Waals surface area contributed by atoms with Crippen molar-refractivity contribution < 1.29 is 0 Å². The Hall–Kier alpha value is -1.51. The summed E-state index contributed by atoms with van der Waals surface area (Å²) in [6.07, 6.45) is 1.12. The number of benzene rings is 2. The molecule has 21 heavy (non-hydrogen) atoms. The summed E-state index contributed by atoms with van der Waals surface area (Å²) in [6.45, 7) is 5.07. The molecule has 0 saturated carbocycles. The van der Waals surface area contributed by atoms with Crippen molar-refractivity contribution in [2.45, 2.75) is 19.9 Å². The summed E-state index contributed by atoms with van der Waals surface area (Å²) in [4.78, 5) is 2.29. The van der Waals surface area contributed by atoms with Crippen LogP contribution in [0, 0.1) is 6.92 Å². The highest BCUT2D eigenvalue weighted by Crippen LogP contribution is 2.15. The Kier molecular flexibility index (Phi) is 6.09. The Bertz CT molecular complexity index is 554. The first-order valence-electron chi connectivity index (χ1n) is 7.39. The fraction of sp³-hybridized carbons (Fsp3) is 0.333. The summed E-state index contributed by atoms with van der Waals surface area (Å²) in [5.41, 5.74) is 3.83. The molecule has 0 saturated heterocycles. The van der Waals surface area contributed by atoms with E-state index in [4.69, 9.17) is 11.6 Å². The number of halogens is 1. The van der Waals surface area contributed by atoms with Gasteiger partial charge in [0.05, 0.1) is 0 Å². The molecule has 0 heterocycles. The van der Waals surface area contributed by atoms with Crippen LogP contribution in [-0.2, 0) is 6.54 Å². The number of rotatable bonds is 7. The smallest absolute Gasteiger partial charge is 0.0408 e. The van der Waals surface area contributed by atoms with E-state index in [2.05, 4.69) is 54.5 Å². The zero-order valence-electron chi connectivity index (χ0n) is 12.8. The van der Waals surface area contributed by atoms with Crippen LogP contribution in [0.3, 0.4) is 0 Å². The topological polar surface area (TPSA) is 15.3 Å². The molecule has 2 aromatic rings. The number of nitrogens with one attached hydrogen (secondary N) is 1. The Morgan fingerprint density at radius 2 is 1.86 bits per heavy atom. The Morgan fingerprint density at radius 3 is 2.57 bits per heavy atom. The van der Waals surface area contributed by atoms with Gasteiger partial charge >= 0.3 is 0 Å². The molecule has 0 spiro atoms. The highest BCUT2D eigenvalue weighted by molar-refractivity contribution is 6.30. The van der Waals surface area contributed by atoms with Crippen molar-refractivity contribution in [2.75, 3.05) is 25.0 Å². The van der Waals surface area contributed by atoms with Crippen LogP contribution in [0.1, 0.15) is 17.5 Å². The van der Waals surface area contributed by atoms with Gasteiger partial charge in [-0.3, -0.25) is 0 Å². The van der Waals surface area contributed by atoms with Crippen molar-refractivity contribution in [1.29, 1.82) is 0 Å². The van der Waals surface area contributed by atoms with Crippen LogP contribution in [0.25, 0.3) is 0 Å². The van der Waals surface area contributed by atoms with Gasteiger partial charge in [-0.2, -0.15) is 0 Å². The third-order valence-electron chi connectivity index (χ3n) is 3.66. The first-order valence-corrected chi connectivity index (χ1v) is 7.76. The Morgan fingerprint density at radius 1 is 1.10 bits per heavy atom. The molecular weight excluding hydrogens is 280 g/mol. The lowest BCUT2D eigenvalue weighted by molar-refractivity contribution is 0.644. The predicted octanol–water partition coefficient (Wildman–Crippen LogP) is 4.26. The maximum absolute atomic E-state index is 5.97. The molecular formula is C18H23ClN2. The highest BCUT2D eigenvalue weighted by Gasteiger charge is 2.01. The number of aryl methyl sites for hydroxylation is 1. The molecule has 0 aromatic heterocycles. The van der Waals surface area contributed by atoms with E-state index in [1.165, 1.54) is 16.8 Å². The zero-order valence-corrected chi connectivity index (χ0v) is 13.5. The molecule has 0 aliphatic carbocycles. The number of para-hydroxylation sites is 1. The highest BCUT2D eigenvalue weighted by atomic mass is 35.5. The lowest BCUT2D eigenvalue weighted by atomic mass is 10.1. The molecule has 0 bridgehead atoms. The number of anilines is 1. The van der Waals surface area contributed by atoms with Crippen molar-refractivity contribution in [3.63, 3.8) is 0 Å². The summed E-state index contributed by atoms with van der Waals surface area (Å²) in [6, 6.07) is 16.6. The Labute approximate surface area is 132 Å². The van der Waals surface area contributed by atoms with Gasteiger partial charge < -0.3 is 10.2 Å². The van der Waals surface area contributed by atoms with Crippen molar-refractivity contribution in [3.05, 3.63) is 64.7 Å². The number of nitrogens with zero attached hydrogens (tertiary/aromatic N) is 1. The second-order valence-electron chi connectivity index (χ2n) is 5.36. The van der Waals surface area contributed by atoms with Gasteiger partial charge in [0.1, 0.15) is 0 Å². The fourth-order valence-electron chi connectivity index (χ4n) is 2.33. The van der Waals surface area contributed by atoms with Gasteiger partial charge in [0, 0.05) is 30.8 Å². The van der Waals surface area contributed by atoms with Gasteiger partial charge in [-0.25, -0.2) is 0 Å². The van der Waals surface area contributed by atoms with Crippen LogP contribution in [-0.4, -0.2) is 20.1 Å². The van der Waals surface area contributed by atoms with Crippen molar-refractivity contribution in [1.82, 2.24) is 5.32 Å². The Balaban J connectivity index is 1.68. The minimum atomic E-state index is 0.806. The lowest BCUT2D eigenvalue weighted by Gasteiger charge is -2.19. The lowest BCUT2D eigenvalue weighted by Crippen LogP contribution is -2.23. The van der Waals surface area contributed by atoms with Crippen LogP contribution < -0.4 is 10.2 Å². The second kappa shape index (κ2) is 8.06. The van der Waals surface area contributed by atoms with E-state index >= 15 is 0 Å². The van der Waals surface area contributed by atoms with Gasteiger partial charge in [-0.05, 0) is 55.3 Å². The monoisotopic (exact) mass is 302 g/mol. The molecule has 1 N–H and O–H groups in total. The van der Waals surface area contributed by atoms with E-state index < -0.39 is 0 Å². The average Bonchev–Trinajstić information content (AvgIpc) is 2.49. The average molecular weight is 303 g/mol. The number of hydrogen-bond acceptors (Lipinski definition) is 2. The maximum atomic E-state index is 5.97. The predicted molar refractivity (Wildman–Crippen MR) is 92.2 cm³/mol. The first-order chi connectivity index (χ1) is 10.2. The maximum Gasteiger partial charge on any atom is 0.0408 e. The SMILES string of the molecule is Cc1cc(Cl)ccc1CNCCCN(C)c1ccccc1. The van der Waals surface area contributed by atoms with Crippen LogP contribution in [0.5, 0.6) is 0 Å². The standard InChI is InChI=1S/C18H23ClN2/c1-15-13-17(19)10-9-16(15)14-20-11-6-12-21(2)18-7-4-3-5-8-18/h3-5,7-10,13,20H,6,11-12,14H2,1-2H3. The van der Waals surface area contributed by atoms with Crippen LogP contribution in [0.4, 0.5) is 5.69 Å². The van der Waals surface area contributed by atoms with Gasteiger partial charge in [-0.15, -0.1) is 0 Å². The third kappa shape index (κ3) is 5.07. The van der Waals surface area contributed by atoms with Crippen LogP contribution in [0.15, 0.2) is 48.5 Å². The fourth-order valence-corrected chi connectivity index (χ4v) is 2.56. The van der Waals surface area contributed by atoms with Gasteiger partial charge in [-0.1, -0.05) is 35.9 Å². The van der Waals surface area contributed by atoms with E-state index in [1.807, 2.05) is 18.2 Å². The van der Waals surface area contributed by atoms with Crippen LogP contribution in [0.2, 0.25) is 5.02 Å². The largest absolute Gasteiger partial charge is 0.375 e. The van der Waals surface area contributed by atoms with Crippen molar-refractivity contribution in [2.24, 2.45) is 0 Å². The molecule has 0 aliphatic heterocycles. The molecule has 0 aliphatic rings. The summed E-state index contributed by atoms with van der Waals surface area (Å²) < 4.78 is 0. The van der Waals surface area contributed by atoms with E-state index in [1.54, 1.807) is 0 Å². The summed E-state index contributed by atoms with van der Waals surface area (Å²) in [7, 11) is 2.14. The third-order valence-corrected chi connectivity index (χ3v) is 3.90. The van der Waals surface area contributed by atoms with Crippen molar-refractivity contribution in [3.8, 4) is 0 Å². The molecule has 2 nitrogen and oxygen atoms in total. The zero-order chi connectivity index (χ0) is 15.1. The molecule has 3 heteroatoms. The molecule has 0 atom stereocenters. The minimum Gasteiger partial charge on any atom is -0.375 e. The molecule has 0 amide bonds. The van der Waals surface area contributed by atoms with E-state index in [-0.39, 0.29) is 0 Å².